The highest BCUT2D eigenvalue weighted by atomic mass is 15.4. The van der Waals surface area contributed by atoms with Crippen molar-refractivity contribution in [3.05, 3.63) is 60.1 Å². The maximum absolute atomic E-state index is 5.01. The van der Waals surface area contributed by atoms with Crippen molar-refractivity contribution in [1.82, 2.24) is 14.7 Å². The van der Waals surface area contributed by atoms with E-state index in [0.717, 1.165) is 23.4 Å². The predicted octanol–water partition coefficient (Wildman–Crippen LogP) is 3.62. The van der Waals surface area contributed by atoms with Gasteiger partial charge < -0.3 is 10.2 Å². The van der Waals surface area contributed by atoms with Gasteiger partial charge in [-0.3, -0.25) is 4.68 Å². The summed E-state index contributed by atoms with van der Waals surface area (Å²) in [6.45, 7) is 6.55. The summed E-state index contributed by atoms with van der Waals surface area (Å²) in [5.74, 6) is 0. The fourth-order valence-electron chi connectivity index (χ4n) is 2.88. The molecule has 0 aliphatic carbocycles. The molecular weight excluding hydrogens is 298 g/mol. The number of hydrogen-bond acceptors (Lipinski definition) is 4. The summed E-state index contributed by atoms with van der Waals surface area (Å²) in [4.78, 5) is 7.30. The van der Waals surface area contributed by atoms with Crippen LogP contribution in [0.1, 0.15) is 32.8 Å². The van der Waals surface area contributed by atoms with E-state index in [1.807, 2.05) is 25.5 Å². The van der Waals surface area contributed by atoms with E-state index in [4.69, 9.17) is 4.99 Å². The fourth-order valence-corrected chi connectivity index (χ4v) is 2.88. The molecule has 1 aromatic heterocycles. The van der Waals surface area contributed by atoms with Crippen LogP contribution in [0, 0.1) is 0 Å². The van der Waals surface area contributed by atoms with Crippen LogP contribution < -0.4 is 5.32 Å². The Morgan fingerprint density at radius 3 is 2.62 bits per heavy atom. The summed E-state index contributed by atoms with van der Waals surface area (Å²) in [5, 5.41) is 7.73. The zero-order valence-electron chi connectivity index (χ0n) is 14.8. The maximum atomic E-state index is 5.01. The van der Waals surface area contributed by atoms with Gasteiger partial charge in [0.2, 0.25) is 0 Å². The van der Waals surface area contributed by atoms with E-state index >= 15 is 0 Å². The van der Waals surface area contributed by atoms with Crippen molar-refractivity contribution in [2.45, 2.75) is 39.5 Å². The number of aryl methyl sites for hydroxylation is 1. The van der Waals surface area contributed by atoms with E-state index in [1.54, 1.807) is 4.68 Å². The molecule has 5 nitrogen and oxygen atoms in total. The lowest BCUT2D eigenvalue weighted by Crippen LogP contribution is -2.44. The third kappa shape index (κ3) is 3.35. The van der Waals surface area contributed by atoms with Crippen molar-refractivity contribution in [1.29, 1.82) is 0 Å². The fraction of sp³-hybridized carbons (Fsp3) is 0.368. The van der Waals surface area contributed by atoms with Gasteiger partial charge in [-0.2, -0.15) is 5.10 Å². The minimum absolute atomic E-state index is 0.136. The van der Waals surface area contributed by atoms with Crippen molar-refractivity contribution in [2.24, 2.45) is 12.0 Å². The van der Waals surface area contributed by atoms with Crippen LogP contribution in [-0.2, 0) is 7.05 Å². The number of aromatic nitrogens is 2. The molecule has 1 aromatic carbocycles. The smallest absolute Gasteiger partial charge is 0.197 e. The van der Waals surface area contributed by atoms with Crippen molar-refractivity contribution in [3.8, 4) is 0 Å². The predicted molar refractivity (Wildman–Crippen MR) is 98.9 cm³/mol. The normalized spacial score (nSPS) is 18.8. The van der Waals surface area contributed by atoms with Gasteiger partial charge in [-0.15, -0.1) is 0 Å². The Balaban J connectivity index is 1.94. The Morgan fingerprint density at radius 2 is 2.00 bits per heavy atom. The Morgan fingerprint density at radius 1 is 1.25 bits per heavy atom. The number of nitrogens with one attached hydrogen (secondary N) is 1. The van der Waals surface area contributed by atoms with Crippen LogP contribution in [0.25, 0.3) is 0 Å². The zero-order chi connectivity index (χ0) is 17.1. The Labute approximate surface area is 143 Å². The molecule has 0 amide bonds. The second kappa shape index (κ2) is 6.91. The maximum Gasteiger partial charge on any atom is 0.197 e. The first-order valence-electron chi connectivity index (χ1n) is 8.43. The van der Waals surface area contributed by atoms with E-state index in [0.29, 0.717) is 6.04 Å². The Bertz CT molecular complexity index is 744. The number of benzene rings is 1. The molecule has 0 bridgehead atoms. The van der Waals surface area contributed by atoms with Crippen LogP contribution in [0.3, 0.4) is 0 Å². The molecule has 0 fully saturated rings. The lowest BCUT2D eigenvalue weighted by Gasteiger charge is -2.37. The van der Waals surface area contributed by atoms with Gasteiger partial charge in [0.25, 0.3) is 0 Å². The largest absolute Gasteiger partial charge is 0.344 e. The van der Waals surface area contributed by atoms with E-state index in [-0.39, 0.29) is 6.29 Å². The van der Waals surface area contributed by atoms with Crippen molar-refractivity contribution < 1.29 is 0 Å². The number of allylic oxidation sites excluding steroid dienone is 1. The molecule has 0 saturated carbocycles. The van der Waals surface area contributed by atoms with Crippen molar-refractivity contribution >= 4 is 11.4 Å². The average molecular weight is 323 g/mol. The summed E-state index contributed by atoms with van der Waals surface area (Å²) >= 11 is 0. The third-order valence-corrected chi connectivity index (χ3v) is 4.40. The third-order valence-electron chi connectivity index (χ3n) is 4.40. The number of nitrogens with zero attached hydrogens (tertiary/aromatic N) is 4. The second-order valence-corrected chi connectivity index (χ2v) is 6.28. The second-order valence-electron chi connectivity index (χ2n) is 6.28. The summed E-state index contributed by atoms with van der Waals surface area (Å²) in [5.41, 5.74) is 4.34. The molecule has 2 aromatic rings. The molecule has 2 unspecified atom stereocenters. The number of rotatable bonds is 5. The van der Waals surface area contributed by atoms with Gasteiger partial charge in [0.05, 0.1) is 17.6 Å². The zero-order valence-corrected chi connectivity index (χ0v) is 14.8. The standard InChI is InChI=1S/C19H25N5/c1-5-15(3)24-12-14(2)18(16-9-7-6-8-10-16)22-19(24)21-17-11-20-23(4)13-17/h6-13,15,19,21H,5H2,1-4H3. The molecule has 24 heavy (non-hydrogen) atoms. The molecule has 1 aliphatic rings. The molecule has 126 valence electrons. The number of anilines is 1. The highest BCUT2D eigenvalue weighted by molar-refractivity contribution is 6.12. The van der Waals surface area contributed by atoms with E-state index in [2.05, 4.69) is 66.6 Å². The summed E-state index contributed by atoms with van der Waals surface area (Å²) in [6, 6.07) is 10.7. The quantitative estimate of drug-likeness (QED) is 0.914. The van der Waals surface area contributed by atoms with E-state index < -0.39 is 0 Å². The number of aliphatic imine (C=N–C) groups is 1. The van der Waals surface area contributed by atoms with Crippen LogP contribution in [0.2, 0.25) is 0 Å². The average Bonchev–Trinajstić information content (AvgIpc) is 3.01. The van der Waals surface area contributed by atoms with Crippen LogP contribution in [0.5, 0.6) is 0 Å². The summed E-state index contributed by atoms with van der Waals surface area (Å²) in [7, 11) is 1.92. The molecule has 2 heterocycles. The molecule has 2 atom stereocenters. The van der Waals surface area contributed by atoms with Crippen LogP contribution in [-0.4, -0.2) is 32.7 Å². The van der Waals surface area contributed by atoms with Crippen LogP contribution in [0.15, 0.2) is 59.5 Å². The molecule has 3 rings (SSSR count). The van der Waals surface area contributed by atoms with Crippen molar-refractivity contribution in [3.63, 3.8) is 0 Å². The Kier molecular flexibility index (Phi) is 4.69. The van der Waals surface area contributed by atoms with E-state index in [9.17, 15) is 0 Å². The molecular formula is C19H25N5. The molecule has 1 N–H and O–H groups in total. The number of hydrogen-bond donors (Lipinski definition) is 1. The highest BCUT2D eigenvalue weighted by Gasteiger charge is 2.25. The SMILES string of the molecule is CCC(C)N1C=C(C)C(c2ccccc2)=NC1Nc1cnn(C)c1. The molecule has 0 spiro atoms. The van der Waals surface area contributed by atoms with Gasteiger partial charge in [0.1, 0.15) is 0 Å². The van der Waals surface area contributed by atoms with Gasteiger partial charge in [-0.05, 0) is 25.8 Å². The van der Waals surface area contributed by atoms with Gasteiger partial charge >= 0.3 is 0 Å². The molecule has 5 heteroatoms. The molecule has 0 saturated heterocycles. The van der Waals surface area contributed by atoms with Crippen LogP contribution in [0.4, 0.5) is 5.69 Å². The minimum Gasteiger partial charge on any atom is -0.344 e. The van der Waals surface area contributed by atoms with Crippen molar-refractivity contribution in [2.75, 3.05) is 5.32 Å². The van der Waals surface area contributed by atoms with Gasteiger partial charge in [0.15, 0.2) is 6.29 Å². The van der Waals surface area contributed by atoms with Crippen LogP contribution >= 0.6 is 0 Å². The first-order chi connectivity index (χ1) is 11.6. The minimum atomic E-state index is -0.136. The van der Waals surface area contributed by atoms with Gasteiger partial charge in [-0.1, -0.05) is 37.3 Å². The summed E-state index contributed by atoms with van der Waals surface area (Å²) < 4.78 is 1.79. The topological polar surface area (TPSA) is 45.4 Å². The highest BCUT2D eigenvalue weighted by Crippen LogP contribution is 2.23. The van der Waals surface area contributed by atoms with Gasteiger partial charge in [-0.25, -0.2) is 4.99 Å². The first-order valence-corrected chi connectivity index (χ1v) is 8.43. The molecule has 0 radical (unpaired) electrons. The monoisotopic (exact) mass is 323 g/mol. The Hall–Kier alpha value is -2.56. The summed E-state index contributed by atoms with van der Waals surface area (Å²) in [6.07, 6.45) is 6.95. The lowest BCUT2D eigenvalue weighted by atomic mass is 10.0. The molecule has 1 aliphatic heterocycles. The van der Waals surface area contributed by atoms with E-state index in [1.165, 1.54) is 5.57 Å². The lowest BCUT2D eigenvalue weighted by molar-refractivity contribution is 0.230. The first kappa shape index (κ1) is 16.3. The van der Waals surface area contributed by atoms with Gasteiger partial charge in [0, 0.05) is 31.0 Å².